The lowest BCUT2D eigenvalue weighted by molar-refractivity contribution is -0.0410. The van der Waals surface area contributed by atoms with E-state index in [2.05, 4.69) is 34.0 Å². The molecule has 5 heteroatoms. The molecule has 0 fully saturated rings. The lowest BCUT2D eigenvalue weighted by Crippen LogP contribution is -2.46. The first-order chi connectivity index (χ1) is 8.19. The van der Waals surface area contributed by atoms with E-state index in [9.17, 15) is 0 Å². The minimum absolute atomic E-state index is 0.250. The summed E-state index contributed by atoms with van der Waals surface area (Å²) < 4.78 is 5.95. The van der Waals surface area contributed by atoms with Crippen LogP contribution in [0.1, 0.15) is 17.4 Å². The maximum absolute atomic E-state index is 5.95. The van der Waals surface area contributed by atoms with E-state index in [-0.39, 0.29) is 5.60 Å². The van der Waals surface area contributed by atoms with Crippen molar-refractivity contribution in [2.75, 3.05) is 27.2 Å². The lowest BCUT2D eigenvalue weighted by atomic mass is 9.93. The smallest absolute Gasteiger partial charge is 0.190 e. The molecule has 1 aromatic rings. The SMILES string of the molecule is CN=C(NC)NCC1(C)OCCc2sccc21. The number of fused-ring (bicyclic) bond motifs is 1. The highest BCUT2D eigenvalue weighted by molar-refractivity contribution is 7.10. The van der Waals surface area contributed by atoms with Crippen molar-refractivity contribution in [2.24, 2.45) is 4.99 Å². The molecule has 0 aromatic carbocycles. The van der Waals surface area contributed by atoms with Crippen molar-refractivity contribution in [1.82, 2.24) is 10.6 Å². The Balaban J connectivity index is 2.11. The van der Waals surface area contributed by atoms with Crippen molar-refractivity contribution >= 4 is 17.3 Å². The van der Waals surface area contributed by atoms with Crippen LogP contribution in [0.15, 0.2) is 16.4 Å². The van der Waals surface area contributed by atoms with Crippen LogP contribution in [0.4, 0.5) is 0 Å². The van der Waals surface area contributed by atoms with Crippen molar-refractivity contribution in [3.05, 3.63) is 21.9 Å². The molecule has 1 unspecified atom stereocenters. The van der Waals surface area contributed by atoms with Gasteiger partial charge in [-0.1, -0.05) is 0 Å². The molecule has 1 atom stereocenters. The first-order valence-electron chi connectivity index (χ1n) is 5.79. The average molecular weight is 253 g/mol. The maximum atomic E-state index is 5.95. The summed E-state index contributed by atoms with van der Waals surface area (Å²) in [5.74, 6) is 0.789. The zero-order valence-corrected chi connectivity index (χ0v) is 11.4. The lowest BCUT2D eigenvalue weighted by Gasteiger charge is -2.34. The molecule has 0 radical (unpaired) electrons. The predicted molar refractivity (Wildman–Crippen MR) is 71.7 cm³/mol. The number of nitrogens with one attached hydrogen (secondary N) is 2. The topological polar surface area (TPSA) is 45.7 Å². The number of thiophene rings is 1. The summed E-state index contributed by atoms with van der Waals surface area (Å²) in [6.45, 7) is 3.65. The summed E-state index contributed by atoms with van der Waals surface area (Å²) >= 11 is 1.82. The van der Waals surface area contributed by atoms with E-state index in [0.29, 0.717) is 0 Å². The van der Waals surface area contributed by atoms with Gasteiger partial charge in [0.2, 0.25) is 0 Å². The molecule has 1 aliphatic rings. The predicted octanol–water partition coefficient (Wildman–Crippen LogP) is 1.33. The van der Waals surface area contributed by atoms with Gasteiger partial charge < -0.3 is 15.4 Å². The Morgan fingerprint density at radius 1 is 1.65 bits per heavy atom. The number of guanidine groups is 1. The molecule has 1 aromatic heterocycles. The van der Waals surface area contributed by atoms with Crippen molar-refractivity contribution in [3.8, 4) is 0 Å². The van der Waals surface area contributed by atoms with E-state index in [1.54, 1.807) is 7.05 Å². The van der Waals surface area contributed by atoms with Crippen LogP contribution < -0.4 is 10.6 Å². The minimum Gasteiger partial charge on any atom is -0.368 e. The minimum atomic E-state index is -0.250. The largest absolute Gasteiger partial charge is 0.368 e. The Hall–Kier alpha value is -1.07. The quantitative estimate of drug-likeness (QED) is 0.617. The number of rotatable bonds is 2. The Kier molecular flexibility index (Phi) is 3.69. The number of aliphatic imine (C=N–C) groups is 1. The first-order valence-corrected chi connectivity index (χ1v) is 6.67. The molecule has 0 bridgehead atoms. The first kappa shape index (κ1) is 12.4. The highest BCUT2D eigenvalue weighted by Gasteiger charge is 2.34. The zero-order valence-electron chi connectivity index (χ0n) is 10.5. The van der Waals surface area contributed by atoms with Gasteiger partial charge in [0.05, 0.1) is 13.2 Å². The zero-order chi connectivity index (χ0) is 12.3. The second-order valence-electron chi connectivity index (χ2n) is 4.26. The fraction of sp³-hybridized carbons (Fsp3) is 0.583. The molecule has 0 aliphatic carbocycles. The Bertz CT molecular complexity index is 416. The molecule has 2 heterocycles. The van der Waals surface area contributed by atoms with Gasteiger partial charge in [-0.15, -0.1) is 11.3 Å². The highest BCUT2D eigenvalue weighted by atomic mass is 32.1. The van der Waals surface area contributed by atoms with E-state index in [4.69, 9.17) is 4.74 Å². The fourth-order valence-electron chi connectivity index (χ4n) is 2.13. The van der Waals surface area contributed by atoms with Crippen LogP contribution in [0, 0.1) is 0 Å². The Morgan fingerprint density at radius 2 is 2.47 bits per heavy atom. The summed E-state index contributed by atoms with van der Waals surface area (Å²) in [6.07, 6.45) is 1.03. The fourth-order valence-corrected chi connectivity index (χ4v) is 3.11. The summed E-state index contributed by atoms with van der Waals surface area (Å²) in [5, 5.41) is 8.43. The molecule has 94 valence electrons. The molecular formula is C12H19N3OS. The van der Waals surface area contributed by atoms with Crippen LogP contribution in [-0.2, 0) is 16.8 Å². The van der Waals surface area contributed by atoms with Gasteiger partial charge in [0.25, 0.3) is 0 Å². The van der Waals surface area contributed by atoms with Crippen LogP contribution in [-0.4, -0.2) is 33.2 Å². The van der Waals surface area contributed by atoms with Gasteiger partial charge in [0.1, 0.15) is 5.60 Å². The normalized spacial score (nSPS) is 24.3. The number of ether oxygens (including phenoxy) is 1. The van der Waals surface area contributed by atoms with Gasteiger partial charge in [-0.05, 0) is 23.9 Å². The summed E-state index contributed by atoms with van der Waals surface area (Å²) in [7, 11) is 3.62. The molecule has 0 saturated heterocycles. The van der Waals surface area contributed by atoms with Crippen molar-refractivity contribution < 1.29 is 4.74 Å². The third-order valence-electron chi connectivity index (χ3n) is 3.12. The van der Waals surface area contributed by atoms with Crippen molar-refractivity contribution in [3.63, 3.8) is 0 Å². The Labute approximate surface area is 106 Å². The van der Waals surface area contributed by atoms with Crippen molar-refractivity contribution in [2.45, 2.75) is 18.9 Å². The van der Waals surface area contributed by atoms with Gasteiger partial charge in [-0.25, -0.2) is 0 Å². The van der Waals surface area contributed by atoms with E-state index in [1.807, 2.05) is 18.4 Å². The van der Waals surface area contributed by atoms with Gasteiger partial charge >= 0.3 is 0 Å². The summed E-state index contributed by atoms with van der Waals surface area (Å²) in [6, 6.07) is 2.17. The molecule has 0 saturated carbocycles. The summed E-state index contributed by atoms with van der Waals surface area (Å²) in [5.41, 5.74) is 1.06. The third kappa shape index (κ3) is 2.45. The van der Waals surface area contributed by atoms with E-state index in [1.165, 1.54) is 10.4 Å². The molecule has 17 heavy (non-hydrogen) atoms. The molecule has 1 aliphatic heterocycles. The van der Waals surface area contributed by atoms with Gasteiger partial charge in [0.15, 0.2) is 5.96 Å². The molecule has 0 spiro atoms. The monoisotopic (exact) mass is 253 g/mol. The standard InChI is InChI=1S/C12H19N3OS/c1-12(8-15-11(13-2)14-3)9-5-7-17-10(9)4-6-16-12/h5,7H,4,6,8H2,1-3H3,(H2,13,14,15). The number of hydrogen-bond donors (Lipinski definition) is 2. The number of hydrogen-bond acceptors (Lipinski definition) is 3. The van der Waals surface area contributed by atoms with Crippen LogP contribution >= 0.6 is 11.3 Å². The number of nitrogens with zero attached hydrogens (tertiary/aromatic N) is 1. The molecule has 4 nitrogen and oxygen atoms in total. The molecular weight excluding hydrogens is 234 g/mol. The second-order valence-corrected chi connectivity index (χ2v) is 5.26. The third-order valence-corrected chi connectivity index (χ3v) is 4.10. The second kappa shape index (κ2) is 5.06. The van der Waals surface area contributed by atoms with E-state index >= 15 is 0 Å². The highest BCUT2D eigenvalue weighted by Crippen LogP contribution is 2.35. The summed E-state index contributed by atoms with van der Waals surface area (Å²) in [4.78, 5) is 5.55. The van der Waals surface area contributed by atoms with Crippen LogP contribution in [0.25, 0.3) is 0 Å². The average Bonchev–Trinajstić information content (AvgIpc) is 2.80. The van der Waals surface area contributed by atoms with E-state index in [0.717, 1.165) is 25.5 Å². The van der Waals surface area contributed by atoms with Crippen LogP contribution in [0.5, 0.6) is 0 Å². The van der Waals surface area contributed by atoms with Crippen molar-refractivity contribution in [1.29, 1.82) is 0 Å². The molecule has 2 N–H and O–H groups in total. The van der Waals surface area contributed by atoms with Gasteiger partial charge in [0, 0.05) is 25.4 Å². The van der Waals surface area contributed by atoms with Crippen LogP contribution in [0.3, 0.4) is 0 Å². The molecule has 2 rings (SSSR count). The van der Waals surface area contributed by atoms with Gasteiger partial charge in [-0.2, -0.15) is 0 Å². The van der Waals surface area contributed by atoms with Gasteiger partial charge in [-0.3, -0.25) is 4.99 Å². The van der Waals surface area contributed by atoms with E-state index < -0.39 is 0 Å². The Morgan fingerprint density at radius 3 is 3.18 bits per heavy atom. The van der Waals surface area contributed by atoms with Crippen LogP contribution in [0.2, 0.25) is 0 Å². The molecule has 0 amide bonds. The maximum Gasteiger partial charge on any atom is 0.190 e.